The number of carbonyl (C=O) groups is 2. The van der Waals surface area contributed by atoms with Gasteiger partial charge in [-0.3, -0.25) is 9.59 Å². The summed E-state index contributed by atoms with van der Waals surface area (Å²) in [6.45, 7) is 6.81. The molecule has 2 heterocycles. The second-order valence-electron chi connectivity index (χ2n) is 6.45. The second-order valence-corrected chi connectivity index (χ2v) is 6.45. The van der Waals surface area contributed by atoms with E-state index < -0.39 is 0 Å². The van der Waals surface area contributed by atoms with Gasteiger partial charge in [0.2, 0.25) is 5.91 Å². The third-order valence-electron chi connectivity index (χ3n) is 4.93. The molecule has 0 bridgehead atoms. The van der Waals surface area contributed by atoms with E-state index in [9.17, 15) is 9.59 Å². The van der Waals surface area contributed by atoms with Crippen molar-refractivity contribution in [2.75, 3.05) is 31.1 Å². The SMILES string of the molecule is C=CC(=O)N1CCCC1CNC(=O)c1ccccc1N1CCCC1. The van der Waals surface area contributed by atoms with Crippen LogP contribution in [0.25, 0.3) is 0 Å². The Kier molecular flexibility index (Phi) is 5.18. The number of amides is 2. The maximum atomic E-state index is 12.7. The zero-order valence-electron chi connectivity index (χ0n) is 14.0. The summed E-state index contributed by atoms with van der Waals surface area (Å²) in [5.41, 5.74) is 1.73. The van der Waals surface area contributed by atoms with Crippen molar-refractivity contribution in [1.82, 2.24) is 10.2 Å². The summed E-state index contributed by atoms with van der Waals surface area (Å²) in [6.07, 6.45) is 5.61. The molecule has 1 aromatic carbocycles. The average Bonchev–Trinajstić information content (AvgIpc) is 3.30. The summed E-state index contributed by atoms with van der Waals surface area (Å²) in [5.74, 6) is -0.111. The molecule has 5 heteroatoms. The molecule has 0 aromatic heterocycles. The molecule has 0 saturated carbocycles. The van der Waals surface area contributed by atoms with Crippen LogP contribution in [0.2, 0.25) is 0 Å². The van der Waals surface area contributed by atoms with Gasteiger partial charge in [0.1, 0.15) is 0 Å². The van der Waals surface area contributed by atoms with Crippen molar-refractivity contribution in [1.29, 1.82) is 0 Å². The molecule has 2 amide bonds. The predicted molar refractivity (Wildman–Crippen MR) is 95.2 cm³/mol. The highest BCUT2D eigenvalue weighted by Gasteiger charge is 2.28. The van der Waals surface area contributed by atoms with E-state index >= 15 is 0 Å². The summed E-state index contributed by atoms with van der Waals surface area (Å²) in [7, 11) is 0. The number of benzene rings is 1. The Morgan fingerprint density at radius 2 is 1.92 bits per heavy atom. The molecule has 2 aliphatic heterocycles. The van der Waals surface area contributed by atoms with Crippen LogP contribution in [0.4, 0.5) is 5.69 Å². The number of hydrogen-bond acceptors (Lipinski definition) is 3. The molecule has 1 aromatic rings. The molecular weight excluding hydrogens is 302 g/mol. The molecule has 0 spiro atoms. The van der Waals surface area contributed by atoms with E-state index in [4.69, 9.17) is 0 Å². The van der Waals surface area contributed by atoms with Gasteiger partial charge >= 0.3 is 0 Å². The number of carbonyl (C=O) groups excluding carboxylic acids is 2. The molecule has 0 aliphatic carbocycles. The van der Waals surface area contributed by atoms with Crippen LogP contribution in [0, 0.1) is 0 Å². The minimum absolute atomic E-state index is 0.0517. The van der Waals surface area contributed by atoms with Gasteiger partial charge in [0, 0.05) is 37.9 Å². The van der Waals surface area contributed by atoms with Gasteiger partial charge < -0.3 is 15.1 Å². The van der Waals surface area contributed by atoms with Crippen LogP contribution >= 0.6 is 0 Å². The fourth-order valence-corrected chi connectivity index (χ4v) is 3.66. The summed E-state index contributed by atoms with van der Waals surface area (Å²) >= 11 is 0. The van der Waals surface area contributed by atoms with Crippen molar-refractivity contribution < 1.29 is 9.59 Å². The minimum atomic E-state index is -0.0598. The predicted octanol–water partition coefficient (Wildman–Crippen LogP) is 2.19. The van der Waals surface area contributed by atoms with Crippen LogP contribution < -0.4 is 10.2 Å². The molecule has 2 saturated heterocycles. The van der Waals surface area contributed by atoms with E-state index in [2.05, 4.69) is 16.8 Å². The summed E-state index contributed by atoms with van der Waals surface area (Å²) in [4.78, 5) is 28.6. The molecule has 3 rings (SSSR count). The van der Waals surface area contributed by atoms with Gasteiger partial charge in [-0.15, -0.1) is 0 Å². The van der Waals surface area contributed by atoms with Gasteiger partial charge in [-0.2, -0.15) is 0 Å². The van der Waals surface area contributed by atoms with Crippen molar-refractivity contribution in [3.63, 3.8) is 0 Å². The van der Waals surface area contributed by atoms with Crippen LogP contribution in [0.5, 0.6) is 0 Å². The molecule has 128 valence electrons. The van der Waals surface area contributed by atoms with E-state index in [0.717, 1.165) is 43.7 Å². The highest BCUT2D eigenvalue weighted by Crippen LogP contribution is 2.24. The Morgan fingerprint density at radius 1 is 1.17 bits per heavy atom. The second kappa shape index (κ2) is 7.51. The van der Waals surface area contributed by atoms with Crippen LogP contribution in [-0.4, -0.2) is 48.9 Å². The number of rotatable bonds is 5. The quantitative estimate of drug-likeness (QED) is 0.844. The Morgan fingerprint density at radius 3 is 2.67 bits per heavy atom. The number of hydrogen-bond donors (Lipinski definition) is 1. The largest absolute Gasteiger partial charge is 0.371 e. The lowest BCUT2D eigenvalue weighted by Crippen LogP contribution is -2.42. The fourth-order valence-electron chi connectivity index (χ4n) is 3.66. The molecule has 24 heavy (non-hydrogen) atoms. The lowest BCUT2D eigenvalue weighted by molar-refractivity contribution is -0.126. The van der Waals surface area contributed by atoms with E-state index in [1.54, 1.807) is 4.90 Å². The molecule has 5 nitrogen and oxygen atoms in total. The lowest BCUT2D eigenvalue weighted by Gasteiger charge is -2.24. The molecule has 2 fully saturated rings. The topological polar surface area (TPSA) is 52.7 Å². The van der Waals surface area contributed by atoms with Crippen LogP contribution in [-0.2, 0) is 4.79 Å². The Bertz CT molecular complexity index is 623. The van der Waals surface area contributed by atoms with Gasteiger partial charge in [0.25, 0.3) is 5.91 Å². The first-order chi connectivity index (χ1) is 11.7. The van der Waals surface area contributed by atoms with E-state index in [-0.39, 0.29) is 17.9 Å². The number of nitrogens with one attached hydrogen (secondary N) is 1. The van der Waals surface area contributed by atoms with Crippen molar-refractivity contribution in [2.24, 2.45) is 0 Å². The fraction of sp³-hybridized carbons (Fsp3) is 0.474. The molecule has 1 N–H and O–H groups in total. The van der Waals surface area contributed by atoms with E-state index in [1.165, 1.54) is 18.9 Å². The highest BCUT2D eigenvalue weighted by atomic mass is 16.2. The Hall–Kier alpha value is -2.30. The smallest absolute Gasteiger partial charge is 0.253 e. The van der Waals surface area contributed by atoms with E-state index in [1.807, 2.05) is 24.3 Å². The maximum Gasteiger partial charge on any atom is 0.253 e. The lowest BCUT2D eigenvalue weighted by atomic mass is 10.1. The molecular formula is C19H25N3O2. The van der Waals surface area contributed by atoms with Crippen LogP contribution in [0.1, 0.15) is 36.0 Å². The molecule has 1 atom stereocenters. The van der Waals surface area contributed by atoms with Crippen molar-refractivity contribution in [3.8, 4) is 0 Å². The summed E-state index contributed by atoms with van der Waals surface area (Å²) < 4.78 is 0. The maximum absolute atomic E-state index is 12.7. The van der Waals surface area contributed by atoms with Crippen molar-refractivity contribution in [3.05, 3.63) is 42.5 Å². The summed E-state index contributed by atoms with van der Waals surface area (Å²) in [5, 5.41) is 3.02. The Labute approximate surface area is 143 Å². The van der Waals surface area contributed by atoms with Crippen LogP contribution in [0.3, 0.4) is 0 Å². The third kappa shape index (κ3) is 3.45. The van der Waals surface area contributed by atoms with Crippen LogP contribution in [0.15, 0.2) is 36.9 Å². The first-order valence-electron chi connectivity index (χ1n) is 8.76. The van der Waals surface area contributed by atoms with Gasteiger partial charge in [0.05, 0.1) is 5.56 Å². The summed E-state index contributed by atoms with van der Waals surface area (Å²) in [6, 6.07) is 7.84. The number of anilines is 1. The van der Waals surface area contributed by atoms with Gasteiger partial charge in [0.15, 0.2) is 0 Å². The van der Waals surface area contributed by atoms with Crippen molar-refractivity contribution >= 4 is 17.5 Å². The number of para-hydroxylation sites is 1. The van der Waals surface area contributed by atoms with Gasteiger partial charge in [-0.05, 0) is 43.9 Å². The minimum Gasteiger partial charge on any atom is -0.371 e. The standard InChI is InChI=1S/C19H25N3O2/c1-2-18(23)22-13-7-8-15(22)14-20-19(24)16-9-3-4-10-17(16)21-11-5-6-12-21/h2-4,9-10,15H,1,5-8,11-14H2,(H,20,24). The first-order valence-corrected chi connectivity index (χ1v) is 8.76. The van der Waals surface area contributed by atoms with E-state index in [0.29, 0.717) is 6.54 Å². The third-order valence-corrected chi connectivity index (χ3v) is 4.93. The highest BCUT2D eigenvalue weighted by molar-refractivity contribution is 6.00. The van der Waals surface area contributed by atoms with Crippen molar-refractivity contribution in [2.45, 2.75) is 31.7 Å². The Balaban J connectivity index is 1.65. The number of likely N-dealkylation sites (tertiary alicyclic amines) is 1. The molecule has 1 unspecified atom stereocenters. The first kappa shape index (κ1) is 16.6. The zero-order chi connectivity index (χ0) is 16.9. The number of nitrogens with zero attached hydrogens (tertiary/aromatic N) is 2. The zero-order valence-corrected chi connectivity index (χ0v) is 14.0. The molecule has 0 radical (unpaired) electrons. The average molecular weight is 327 g/mol. The molecule has 2 aliphatic rings. The normalized spacial score (nSPS) is 20.2. The monoisotopic (exact) mass is 327 g/mol. The van der Waals surface area contributed by atoms with Gasteiger partial charge in [-0.25, -0.2) is 0 Å². The van der Waals surface area contributed by atoms with Gasteiger partial charge in [-0.1, -0.05) is 18.7 Å².